The number of carbonyl (C=O) groups is 1. The second-order valence-electron chi connectivity index (χ2n) is 7.79. The van der Waals surface area contributed by atoms with E-state index in [-0.39, 0.29) is 13.2 Å². The summed E-state index contributed by atoms with van der Waals surface area (Å²) in [6.45, 7) is 0.355. The fourth-order valence-corrected chi connectivity index (χ4v) is 3.50. The summed E-state index contributed by atoms with van der Waals surface area (Å²) in [4.78, 5) is 11.4. The molecule has 1 N–H and O–H groups in total. The van der Waals surface area contributed by atoms with E-state index in [9.17, 15) is 23.1 Å². The summed E-state index contributed by atoms with van der Waals surface area (Å²) in [6.07, 6.45) is -3.08. The minimum absolute atomic E-state index is 0.126. The molecule has 7 heteroatoms. The van der Waals surface area contributed by atoms with Crippen LogP contribution in [0, 0.1) is 0 Å². The molecule has 3 aromatic rings. The Labute approximate surface area is 183 Å². The fourth-order valence-electron chi connectivity index (χ4n) is 3.50. The molecule has 4 nitrogen and oxygen atoms in total. The Hall–Kier alpha value is -3.48. The smallest absolute Gasteiger partial charge is 0.416 e. The summed E-state index contributed by atoms with van der Waals surface area (Å²) in [5.74, 6) is 0.379. The van der Waals surface area contributed by atoms with Gasteiger partial charge in [0.15, 0.2) is 0 Å². The Balaban J connectivity index is 1.37. The second kappa shape index (κ2) is 8.57. The van der Waals surface area contributed by atoms with Crippen LogP contribution in [0.3, 0.4) is 0 Å². The number of hydrogen-bond donors (Lipinski definition) is 1. The van der Waals surface area contributed by atoms with Crippen molar-refractivity contribution in [2.75, 3.05) is 0 Å². The van der Waals surface area contributed by atoms with Crippen molar-refractivity contribution >= 4 is 5.97 Å². The van der Waals surface area contributed by atoms with E-state index in [1.807, 2.05) is 12.1 Å². The summed E-state index contributed by atoms with van der Waals surface area (Å²) in [7, 11) is 0. The maximum Gasteiger partial charge on any atom is 0.416 e. The van der Waals surface area contributed by atoms with E-state index in [0.29, 0.717) is 29.9 Å². The molecule has 0 heterocycles. The number of hydrogen-bond acceptors (Lipinski definition) is 3. The number of benzene rings is 3. The predicted octanol–water partition coefficient (Wildman–Crippen LogP) is 5.98. The molecule has 0 aliphatic heterocycles. The molecule has 3 aromatic carbocycles. The number of ether oxygens (including phenoxy) is 2. The molecule has 0 bridgehead atoms. The fraction of sp³-hybridized carbons (Fsp3) is 0.240. The molecular weight excluding hydrogens is 421 g/mol. The van der Waals surface area contributed by atoms with E-state index in [1.165, 1.54) is 12.1 Å². The first-order valence-electron chi connectivity index (χ1n) is 10.1. The maximum atomic E-state index is 12.7. The third-order valence-electron chi connectivity index (χ3n) is 5.61. The molecule has 166 valence electrons. The predicted molar refractivity (Wildman–Crippen MR) is 112 cm³/mol. The van der Waals surface area contributed by atoms with Crippen LogP contribution in [0.5, 0.6) is 11.5 Å². The van der Waals surface area contributed by atoms with Gasteiger partial charge in [-0.15, -0.1) is 0 Å². The Kier molecular flexibility index (Phi) is 5.82. The van der Waals surface area contributed by atoms with Crippen LogP contribution < -0.4 is 9.47 Å². The van der Waals surface area contributed by atoms with Crippen molar-refractivity contribution in [2.24, 2.45) is 0 Å². The summed E-state index contributed by atoms with van der Waals surface area (Å²) in [6, 6.07) is 19.2. The van der Waals surface area contributed by atoms with Crippen molar-refractivity contribution in [2.45, 2.75) is 37.6 Å². The zero-order valence-corrected chi connectivity index (χ0v) is 17.1. The minimum atomic E-state index is -4.37. The van der Waals surface area contributed by atoms with Gasteiger partial charge in [-0.25, -0.2) is 0 Å². The van der Waals surface area contributed by atoms with E-state index < -0.39 is 23.1 Å². The van der Waals surface area contributed by atoms with Gasteiger partial charge in [-0.2, -0.15) is 13.2 Å². The highest BCUT2D eigenvalue weighted by Crippen LogP contribution is 2.48. The maximum absolute atomic E-state index is 12.7. The zero-order chi connectivity index (χ0) is 22.8. The third kappa shape index (κ3) is 4.72. The van der Waals surface area contributed by atoms with Gasteiger partial charge in [0, 0.05) is 5.56 Å². The van der Waals surface area contributed by atoms with Gasteiger partial charge >= 0.3 is 12.1 Å². The van der Waals surface area contributed by atoms with Crippen molar-refractivity contribution < 1.29 is 32.5 Å². The monoisotopic (exact) mass is 442 g/mol. The highest BCUT2D eigenvalue weighted by atomic mass is 19.4. The van der Waals surface area contributed by atoms with Crippen LogP contribution in [0.1, 0.15) is 35.1 Å². The molecule has 0 atom stereocenters. The normalized spacial score (nSPS) is 14.6. The molecule has 32 heavy (non-hydrogen) atoms. The number of halogens is 3. The number of alkyl halides is 3. The molecule has 1 aliphatic rings. The molecule has 0 amide bonds. The molecular formula is C25H21F3O4. The van der Waals surface area contributed by atoms with Crippen LogP contribution in [0.15, 0.2) is 72.8 Å². The lowest BCUT2D eigenvalue weighted by molar-refractivity contribution is -0.140. The van der Waals surface area contributed by atoms with Gasteiger partial charge in [0.25, 0.3) is 0 Å². The van der Waals surface area contributed by atoms with Crippen LogP contribution in [0.4, 0.5) is 13.2 Å². The lowest BCUT2D eigenvalue weighted by atomic mass is 9.96. The molecule has 1 fully saturated rings. The van der Waals surface area contributed by atoms with Crippen LogP contribution in [0.25, 0.3) is 0 Å². The Bertz CT molecular complexity index is 1090. The van der Waals surface area contributed by atoms with E-state index >= 15 is 0 Å². The standard InChI is InChI=1S/C25H21F3O4/c26-25(27,28)20-7-5-17(6-8-20)15-32-22-4-2-1-3-18(22)16-31-21-11-9-19(10-12-21)24(13-14-24)23(29)30/h1-12H,13-16H2,(H,29,30). The summed E-state index contributed by atoms with van der Waals surface area (Å²) < 4.78 is 49.7. The van der Waals surface area contributed by atoms with E-state index in [1.54, 1.807) is 36.4 Å². The van der Waals surface area contributed by atoms with Crippen molar-refractivity contribution in [3.05, 3.63) is 95.1 Å². The number of aliphatic carboxylic acids is 1. The zero-order valence-electron chi connectivity index (χ0n) is 17.1. The third-order valence-corrected chi connectivity index (χ3v) is 5.61. The number of carboxylic acid groups (broad SMARTS) is 1. The van der Waals surface area contributed by atoms with E-state index in [2.05, 4.69) is 0 Å². The van der Waals surface area contributed by atoms with Crippen LogP contribution >= 0.6 is 0 Å². The number of para-hydroxylation sites is 1. The van der Waals surface area contributed by atoms with E-state index in [4.69, 9.17) is 9.47 Å². The van der Waals surface area contributed by atoms with Gasteiger partial charge in [0.1, 0.15) is 24.7 Å². The first-order chi connectivity index (χ1) is 15.3. The molecule has 0 saturated heterocycles. The van der Waals surface area contributed by atoms with E-state index in [0.717, 1.165) is 23.3 Å². The Morgan fingerprint density at radius 2 is 1.53 bits per heavy atom. The number of carboxylic acids is 1. The Morgan fingerprint density at radius 1 is 0.875 bits per heavy atom. The van der Waals surface area contributed by atoms with Crippen LogP contribution in [-0.4, -0.2) is 11.1 Å². The minimum Gasteiger partial charge on any atom is -0.489 e. The summed E-state index contributed by atoms with van der Waals surface area (Å²) >= 11 is 0. The van der Waals surface area contributed by atoms with Gasteiger partial charge < -0.3 is 14.6 Å². The molecule has 0 spiro atoms. The SMILES string of the molecule is O=C(O)C1(c2ccc(OCc3ccccc3OCc3ccc(C(F)(F)F)cc3)cc2)CC1. The highest BCUT2D eigenvalue weighted by molar-refractivity contribution is 5.84. The molecule has 1 aliphatic carbocycles. The van der Waals surface area contributed by atoms with Gasteiger partial charge in [-0.3, -0.25) is 4.79 Å². The average Bonchev–Trinajstić information content (AvgIpc) is 3.59. The number of rotatable bonds is 8. The molecule has 0 unspecified atom stereocenters. The lowest BCUT2D eigenvalue weighted by Gasteiger charge is -2.14. The van der Waals surface area contributed by atoms with Crippen molar-refractivity contribution in [3.63, 3.8) is 0 Å². The Morgan fingerprint density at radius 3 is 2.12 bits per heavy atom. The molecule has 0 aromatic heterocycles. The summed E-state index contributed by atoms with van der Waals surface area (Å²) in [5, 5.41) is 9.40. The highest BCUT2D eigenvalue weighted by Gasteiger charge is 2.51. The molecule has 0 radical (unpaired) electrons. The van der Waals surface area contributed by atoms with Gasteiger partial charge in [-0.05, 0) is 54.3 Å². The lowest BCUT2D eigenvalue weighted by Crippen LogP contribution is -2.19. The van der Waals surface area contributed by atoms with Gasteiger partial charge in [0.2, 0.25) is 0 Å². The molecule has 4 rings (SSSR count). The topological polar surface area (TPSA) is 55.8 Å². The second-order valence-corrected chi connectivity index (χ2v) is 7.79. The van der Waals surface area contributed by atoms with Crippen molar-refractivity contribution in [3.8, 4) is 11.5 Å². The first-order valence-corrected chi connectivity index (χ1v) is 10.1. The van der Waals surface area contributed by atoms with Crippen molar-refractivity contribution in [1.82, 2.24) is 0 Å². The van der Waals surface area contributed by atoms with Crippen molar-refractivity contribution in [1.29, 1.82) is 0 Å². The molecule has 1 saturated carbocycles. The first kappa shape index (κ1) is 21.7. The quantitative estimate of drug-likeness (QED) is 0.466. The largest absolute Gasteiger partial charge is 0.489 e. The van der Waals surface area contributed by atoms with Crippen LogP contribution in [-0.2, 0) is 29.6 Å². The van der Waals surface area contributed by atoms with Gasteiger partial charge in [-0.1, -0.05) is 42.5 Å². The van der Waals surface area contributed by atoms with Gasteiger partial charge in [0.05, 0.1) is 11.0 Å². The summed E-state index contributed by atoms with van der Waals surface area (Å²) in [5.41, 5.74) is 0.733. The average molecular weight is 442 g/mol. The van der Waals surface area contributed by atoms with Crippen LogP contribution in [0.2, 0.25) is 0 Å².